The predicted octanol–water partition coefficient (Wildman–Crippen LogP) is 21.5. The standard InChI is InChI=1S/C94H96B2N4/c1-53-23-35-67(55(3)39-53)57-41-81-85-83(43-57)99-77-37-29-61(91(11,12)13)45-69(77)71-47-63(93(17,18)19)49-75(87(71)99)95(85)73-51-74-80(52-79(73)97(81)65-31-25-59(26-32-65)89(5,6)7)98(66-33-27-60(28-34-66)90(8,9)10)82-42-58(68-36-24-54(2)40-56(68)4)44-84-86(82)96(74)76-50-64(94(20,21)22)48-72-70-46-62(92(14,15)16)30-38-78(70)100(84)88(72)76/h23-52H,1-22H3. The van der Waals surface area contributed by atoms with Crippen LogP contribution in [-0.2, 0) is 32.5 Å². The fourth-order valence-corrected chi connectivity index (χ4v) is 17.7. The highest BCUT2D eigenvalue weighted by atomic mass is 15.2. The third-order valence-corrected chi connectivity index (χ3v) is 23.3. The van der Waals surface area contributed by atoms with Gasteiger partial charge in [0, 0.05) is 78.1 Å². The maximum atomic E-state index is 2.76. The molecule has 0 unspecified atom stereocenters. The van der Waals surface area contributed by atoms with E-state index in [-0.39, 0.29) is 45.9 Å². The molecule has 100 heavy (non-hydrogen) atoms. The van der Waals surface area contributed by atoms with Crippen LogP contribution in [-0.4, -0.2) is 22.6 Å². The molecule has 0 spiro atoms. The van der Waals surface area contributed by atoms with E-state index in [9.17, 15) is 0 Å². The quantitative estimate of drug-likeness (QED) is 0.163. The highest BCUT2D eigenvalue weighted by molar-refractivity contribution is 7.03. The van der Waals surface area contributed by atoms with E-state index < -0.39 is 0 Å². The van der Waals surface area contributed by atoms with Crippen LogP contribution in [0.5, 0.6) is 0 Å². The first-order valence-electron chi connectivity index (χ1n) is 36.8. The fourth-order valence-electron chi connectivity index (χ4n) is 17.7. The molecule has 0 radical (unpaired) electrons. The van der Waals surface area contributed by atoms with Crippen molar-refractivity contribution in [3.63, 3.8) is 0 Å². The van der Waals surface area contributed by atoms with E-state index in [1.807, 2.05) is 0 Å². The molecular formula is C94H96B2N4. The Hall–Kier alpha value is -9.25. The molecule has 6 heterocycles. The topological polar surface area (TPSA) is 16.3 Å². The summed E-state index contributed by atoms with van der Waals surface area (Å²) >= 11 is 0. The number of rotatable bonds is 4. The number of nitrogens with zero attached hydrogens (tertiary/aromatic N) is 4. The van der Waals surface area contributed by atoms with Gasteiger partial charge >= 0.3 is 0 Å². The van der Waals surface area contributed by atoms with E-state index in [4.69, 9.17) is 0 Å². The molecule has 0 amide bonds. The summed E-state index contributed by atoms with van der Waals surface area (Å²) in [5.41, 5.74) is 40.4. The Morgan fingerprint density at radius 1 is 0.260 bits per heavy atom. The minimum absolute atomic E-state index is 0.0473. The Bertz CT molecular complexity index is 5360. The predicted molar refractivity (Wildman–Crippen MR) is 436 cm³/mol. The van der Waals surface area contributed by atoms with Crippen molar-refractivity contribution in [2.45, 2.75) is 185 Å². The Kier molecular flexibility index (Phi) is 13.6. The lowest BCUT2D eigenvalue weighted by Crippen LogP contribution is -2.64. The van der Waals surface area contributed by atoms with Crippen LogP contribution in [0.15, 0.2) is 182 Å². The van der Waals surface area contributed by atoms with Crippen molar-refractivity contribution in [2.24, 2.45) is 0 Å². The zero-order valence-electron chi connectivity index (χ0n) is 63.3. The lowest BCUT2D eigenvalue weighted by atomic mass is 9.30. The smallest absolute Gasteiger partial charge is 0.252 e. The first kappa shape index (κ1) is 64.1. The minimum atomic E-state index is -0.151. The highest BCUT2D eigenvalue weighted by Gasteiger charge is 2.49. The summed E-state index contributed by atoms with van der Waals surface area (Å²) in [5.74, 6) is 0. The fraction of sp³-hybridized carbons (Fsp3) is 0.298. The van der Waals surface area contributed by atoms with Gasteiger partial charge in [0.1, 0.15) is 0 Å². The Balaban J connectivity index is 1.08. The van der Waals surface area contributed by atoms with Crippen LogP contribution in [0.25, 0.3) is 77.2 Å². The van der Waals surface area contributed by atoms with Gasteiger partial charge in [0.15, 0.2) is 0 Å². The number of anilines is 6. The van der Waals surface area contributed by atoms with E-state index in [0.29, 0.717) is 0 Å². The third-order valence-electron chi connectivity index (χ3n) is 23.3. The molecule has 4 nitrogen and oxygen atoms in total. The van der Waals surface area contributed by atoms with Gasteiger partial charge in [0.05, 0.1) is 11.0 Å². The lowest BCUT2D eigenvalue weighted by Gasteiger charge is -2.45. The van der Waals surface area contributed by atoms with E-state index >= 15 is 0 Å². The van der Waals surface area contributed by atoms with Gasteiger partial charge in [-0.1, -0.05) is 227 Å². The first-order valence-corrected chi connectivity index (χ1v) is 36.8. The Morgan fingerprint density at radius 3 is 0.930 bits per heavy atom. The van der Waals surface area contributed by atoms with Crippen molar-refractivity contribution in [1.82, 2.24) is 9.13 Å². The SMILES string of the molecule is Cc1ccc(-c2cc3c4c(c2)-n2c5ccc(C(C)(C)C)cc5c5cc(C(C)(C)C)cc(c52)B4c2cc4c(cc2N3c2ccc(C(C)(C)C)cc2)N(c2ccc(C(C)(C)C)cc2)c2cc(-c3ccc(C)cc3C)cc3c2B4c2cc(C(C)(C)C)cc4c5cc(C(C)(C)C)ccc5n-3c24)c(C)c1. The van der Waals surface area contributed by atoms with Gasteiger partial charge in [-0.25, -0.2) is 0 Å². The summed E-state index contributed by atoms with van der Waals surface area (Å²) < 4.78 is 5.40. The summed E-state index contributed by atoms with van der Waals surface area (Å²) in [6.07, 6.45) is 0. The molecule has 13 aromatic rings. The maximum Gasteiger partial charge on any atom is 0.252 e. The summed E-state index contributed by atoms with van der Waals surface area (Å²) in [6, 6.07) is 74.3. The second-order valence-electron chi connectivity index (χ2n) is 36.7. The molecule has 0 aliphatic carbocycles. The van der Waals surface area contributed by atoms with Crippen LogP contribution in [0.4, 0.5) is 34.1 Å². The van der Waals surface area contributed by atoms with Crippen molar-refractivity contribution < 1.29 is 0 Å². The van der Waals surface area contributed by atoms with Gasteiger partial charge in [-0.05, 0) is 251 Å². The molecule has 4 aliphatic heterocycles. The molecule has 2 aromatic heterocycles. The zero-order chi connectivity index (χ0) is 70.5. The van der Waals surface area contributed by atoms with Crippen LogP contribution in [0.2, 0.25) is 0 Å². The molecule has 0 bridgehead atoms. The van der Waals surface area contributed by atoms with Gasteiger partial charge in [-0.2, -0.15) is 0 Å². The Morgan fingerprint density at radius 2 is 0.590 bits per heavy atom. The monoisotopic (exact) mass is 1300 g/mol. The highest BCUT2D eigenvalue weighted by Crippen LogP contribution is 2.51. The van der Waals surface area contributed by atoms with Crippen molar-refractivity contribution in [1.29, 1.82) is 0 Å². The molecule has 0 saturated heterocycles. The molecule has 11 aromatic carbocycles. The van der Waals surface area contributed by atoms with E-state index in [2.05, 4.69) is 353 Å². The van der Waals surface area contributed by atoms with Gasteiger partial charge in [-0.3, -0.25) is 0 Å². The van der Waals surface area contributed by atoms with Crippen molar-refractivity contribution >= 4 is 124 Å². The van der Waals surface area contributed by atoms with E-state index in [1.54, 1.807) is 0 Å². The van der Waals surface area contributed by atoms with Crippen LogP contribution in [0.1, 0.15) is 180 Å². The van der Waals surface area contributed by atoms with Gasteiger partial charge in [0.2, 0.25) is 0 Å². The second-order valence-corrected chi connectivity index (χ2v) is 36.7. The summed E-state index contributed by atoms with van der Waals surface area (Å²) in [5, 5.41) is 5.27. The normalized spacial score (nSPS) is 14.2. The summed E-state index contributed by atoms with van der Waals surface area (Å²) in [6.45, 7) is 51.4. The van der Waals surface area contributed by atoms with Crippen LogP contribution in [0.3, 0.4) is 0 Å². The largest absolute Gasteiger partial charge is 0.311 e. The van der Waals surface area contributed by atoms with Gasteiger partial charge in [0.25, 0.3) is 13.4 Å². The molecule has 6 heteroatoms. The van der Waals surface area contributed by atoms with E-state index in [1.165, 1.54) is 188 Å². The number of fused-ring (bicyclic) bond motifs is 14. The molecular weight excluding hydrogens is 1210 g/mol. The summed E-state index contributed by atoms with van der Waals surface area (Å²) in [4.78, 5) is 5.39. The van der Waals surface area contributed by atoms with Gasteiger partial charge in [-0.15, -0.1) is 0 Å². The average molecular weight is 1300 g/mol. The van der Waals surface area contributed by atoms with Crippen molar-refractivity contribution in [3.05, 3.63) is 238 Å². The second kappa shape index (κ2) is 21.2. The number of aryl methyl sites for hydroxylation is 4. The van der Waals surface area contributed by atoms with E-state index in [0.717, 1.165) is 11.4 Å². The van der Waals surface area contributed by atoms with Gasteiger partial charge < -0.3 is 18.9 Å². The Labute approximate surface area is 595 Å². The zero-order valence-corrected chi connectivity index (χ0v) is 63.3. The number of aromatic nitrogens is 2. The first-order chi connectivity index (χ1) is 47.0. The number of hydrogen-bond donors (Lipinski definition) is 0. The number of benzene rings is 11. The average Bonchev–Trinajstić information content (AvgIpc) is 1.24. The van der Waals surface area contributed by atoms with Crippen LogP contribution in [0, 0.1) is 27.7 Å². The molecule has 17 rings (SSSR count). The molecule has 498 valence electrons. The maximum absolute atomic E-state index is 2.76. The van der Waals surface area contributed by atoms with Crippen LogP contribution >= 0.6 is 0 Å². The molecule has 0 N–H and O–H groups in total. The summed E-state index contributed by atoms with van der Waals surface area (Å²) in [7, 11) is 0. The molecule has 4 aliphatic rings. The van der Waals surface area contributed by atoms with Crippen molar-refractivity contribution in [3.8, 4) is 33.6 Å². The molecule has 0 saturated carbocycles. The van der Waals surface area contributed by atoms with Crippen molar-refractivity contribution in [2.75, 3.05) is 9.80 Å². The van der Waals surface area contributed by atoms with Crippen LogP contribution < -0.4 is 42.6 Å². The molecule has 0 fully saturated rings. The third kappa shape index (κ3) is 9.60. The minimum Gasteiger partial charge on any atom is -0.311 e. The molecule has 0 atom stereocenters. The lowest BCUT2D eigenvalue weighted by molar-refractivity contribution is 0.590. The number of hydrogen-bond acceptors (Lipinski definition) is 2.